The molecule has 0 aliphatic carbocycles. The molecule has 2 aromatic rings. The van der Waals surface area contributed by atoms with Gasteiger partial charge < -0.3 is 19.5 Å². The van der Waals surface area contributed by atoms with Gasteiger partial charge in [-0.05, 0) is 43.3 Å². The number of hydrogen-bond donors (Lipinski definition) is 1. The van der Waals surface area contributed by atoms with Crippen molar-refractivity contribution in [1.29, 1.82) is 0 Å². The molecule has 0 fully saturated rings. The second kappa shape index (κ2) is 7.87. The van der Waals surface area contributed by atoms with Crippen LogP contribution in [0.1, 0.15) is 6.92 Å². The van der Waals surface area contributed by atoms with Crippen molar-refractivity contribution in [3.8, 4) is 17.2 Å². The van der Waals surface area contributed by atoms with Crippen LogP contribution in [0.5, 0.6) is 17.2 Å². The van der Waals surface area contributed by atoms with Gasteiger partial charge in [0.1, 0.15) is 17.2 Å². The van der Waals surface area contributed by atoms with Gasteiger partial charge in [-0.15, -0.1) is 0 Å². The summed E-state index contributed by atoms with van der Waals surface area (Å²) >= 11 is 3.35. The SMILES string of the molecule is COc1ccc(NC(=O)[C@@H](C)Oc2ccc(Br)cc2)c(OC)c1. The predicted molar refractivity (Wildman–Crippen MR) is 92.4 cm³/mol. The lowest BCUT2D eigenvalue weighted by Gasteiger charge is -2.16. The summed E-state index contributed by atoms with van der Waals surface area (Å²) in [5.74, 6) is 1.53. The largest absolute Gasteiger partial charge is 0.497 e. The van der Waals surface area contributed by atoms with Crippen LogP contribution in [0.15, 0.2) is 46.9 Å². The van der Waals surface area contributed by atoms with E-state index in [9.17, 15) is 4.79 Å². The van der Waals surface area contributed by atoms with E-state index < -0.39 is 6.10 Å². The molecular weight excluding hydrogens is 362 g/mol. The molecule has 6 heteroatoms. The van der Waals surface area contributed by atoms with Gasteiger partial charge in [-0.25, -0.2) is 0 Å². The molecule has 0 aliphatic rings. The molecule has 0 radical (unpaired) electrons. The molecule has 0 aromatic heterocycles. The number of carbonyl (C=O) groups excluding carboxylic acids is 1. The van der Waals surface area contributed by atoms with E-state index in [4.69, 9.17) is 14.2 Å². The van der Waals surface area contributed by atoms with Gasteiger partial charge in [-0.2, -0.15) is 0 Å². The molecule has 0 bridgehead atoms. The zero-order chi connectivity index (χ0) is 16.8. The summed E-state index contributed by atoms with van der Waals surface area (Å²) in [6.45, 7) is 1.69. The Balaban J connectivity index is 2.04. The first-order valence-corrected chi connectivity index (χ1v) is 7.78. The van der Waals surface area contributed by atoms with E-state index in [2.05, 4.69) is 21.2 Å². The maximum atomic E-state index is 12.3. The highest BCUT2D eigenvalue weighted by Gasteiger charge is 2.17. The minimum absolute atomic E-state index is 0.267. The molecule has 5 nitrogen and oxygen atoms in total. The number of benzene rings is 2. The Labute approximate surface area is 143 Å². The fraction of sp³-hybridized carbons (Fsp3) is 0.235. The van der Waals surface area contributed by atoms with Gasteiger partial charge in [0, 0.05) is 10.5 Å². The maximum absolute atomic E-state index is 12.3. The highest BCUT2D eigenvalue weighted by Crippen LogP contribution is 2.29. The van der Waals surface area contributed by atoms with E-state index in [0.29, 0.717) is 22.9 Å². The van der Waals surface area contributed by atoms with Crippen LogP contribution in [-0.4, -0.2) is 26.2 Å². The zero-order valence-corrected chi connectivity index (χ0v) is 14.7. The van der Waals surface area contributed by atoms with Crippen molar-refractivity contribution in [2.45, 2.75) is 13.0 Å². The Morgan fingerprint density at radius 3 is 2.30 bits per heavy atom. The van der Waals surface area contributed by atoms with Crippen molar-refractivity contribution in [3.63, 3.8) is 0 Å². The Kier molecular flexibility index (Phi) is 5.87. The van der Waals surface area contributed by atoms with Crippen LogP contribution >= 0.6 is 15.9 Å². The lowest BCUT2D eigenvalue weighted by atomic mass is 10.2. The second-order valence-corrected chi connectivity index (χ2v) is 5.69. The van der Waals surface area contributed by atoms with Gasteiger partial charge in [-0.3, -0.25) is 4.79 Å². The van der Waals surface area contributed by atoms with Crippen molar-refractivity contribution < 1.29 is 19.0 Å². The number of anilines is 1. The number of hydrogen-bond acceptors (Lipinski definition) is 4. The van der Waals surface area contributed by atoms with Crippen LogP contribution in [0.4, 0.5) is 5.69 Å². The highest BCUT2D eigenvalue weighted by atomic mass is 79.9. The third-order valence-electron chi connectivity index (χ3n) is 3.16. The first-order chi connectivity index (χ1) is 11.0. The van der Waals surface area contributed by atoms with Crippen LogP contribution in [0, 0.1) is 0 Å². The van der Waals surface area contributed by atoms with E-state index >= 15 is 0 Å². The molecular formula is C17H18BrNO4. The normalized spacial score (nSPS) is 11.5. The Morgan fingerprint density at radius 1 is 1.04 bits per heavy atom. The summed E-state index contributed by atoms with van der Waals surface area (Å²) in [5, 5.41) is 2.79. The molecule has 23 heavy (non-hydrogen) atoms. The van der Waals surface area contributed by atoms with Crippen molar-refractivity contribution >= 4 is 27.5 Å². The smallest absolute Gasteiger partial charge is 0.265 e. The fourth-order valence-electron chi connectivity index (χ4n) is 1.91. The Hall–Kier alpha value is -2.21. The van der Waals surface area contributed by atoms with Crippen LogP contribution in [-0.2, 0) is 4.79 Å². The number of nitrogens with one attached hydrogen (secondary N) is 1. The first-order valence-electron chi connectivity index (χ1n) is 6.98. The van der Waals surface area contributed by atoms with Crippen LogP contribution < -0.4 is 19.5 Å². The van der Waals surface area contributed by atoms with Crippen molar-refractivity contribution in [3.05, 3.63) is 46.9 Å². The molecule has 1 atom stereocenters. The molecule has 0 heterocycles. The molecule has 1 amide bonds. The standard InChI is InChI=1S/C17H18BrNO4/c1-11(23-13-6-4-12(18)5-7-13)17(20)19-15-9-8-14(21-2)10-16(15)22-3/h4-11H,1-3H3,(H,19,20)/t11-/m1/s1. The first kappa shape index (κ1) is 17.1. The quantitative estimate of drug-likeness (QED) is 0.827. The molecule has 1 N–H and O–H groups in total. The Morgan fingerprint density at radius 2 is 1.70 bits per heavy atom. The lowest BCUT2D eigenvalue weighted by Crippen LogP contribution is -2.30. The second-order valence-electron chi connectivity index (χ2n) is 4.77. The highest BCUT2D eigenvalue weighted by molar-refractivity contribution is 9.10. The van der Waals surface area contributed by atoms with E-state index in [0.717, 1.165) is 4.47 Å². The summed E-state index contributed by atoms with van der Waals surface area (Å²) in [6.07, 6.45) is -0.650. The zero-order valence-electron chi connectivity index (χ0n) is 13.1. The molecule has 2 rings (SSSR count). The summed E-state index contributed by atoms with van der Waals surface area (Å²) in [6, 6.07) is 12.5. The molecule has 0 saturated carbocycles. The summed E-state index contributed by atoms with van der Waals surface area (Å²) in [4.78, 5) is 12.3. The van der Waals surface area contributed by atoms with Gasteiger partial charge >= 0.3 is 0 Å². The number of methoxy groups -OCH3 is 2. The third-order valence-corrected chi connectivity index (χ3v) is 3.69. The van der Waals surface area contributed by atoms with Crippen molar-refractivity contribution in [2.75, 3.05) is 19.5 Å². The molecule has 0 spiro atoms. The molecule has 122 valence electrons. The maximum Gasteiger partial charge on any atom is 0.265 e. The third kappa shape index (κ3) is 4.63. The minimum Gasteiger partial charge on any atom is -0.497 e. The molecule has 0 unspecified atom stereocenters. The molecule has 0 saturated heterocycles. The minimum atomic E-state index is -0.650. The van der Waals surface area contributed by atoms with Gasteiger partial charge in [-0.1, -0.05) is 15.9 Å². The lowest BCUT2D eigenvalue weighted by molar-refractivity contribution is -0.122. The average Bonchev–Trinajstić information content (AvgIpc) is 2.57. The monoisotopic (exact) mass is 379 g/mol. The predicted octanol–water partition coefficient (Wildman–Crippen LogP) is 3.87. The van der Waals surface area contributed by atoms with Gasteiger partial charge in [0.2, 0.25) is 0 Å². The van der Waals surface area contributed by atoms with Crippen molar-refractivity contribution in [2.24, 2.45) is 0 Å². The van der Waals surface area contributed by atoms with Crippen LogP contribution in [0.2, 0.25) is 0 Å². The summed E-state index contributed by atoms with van der Waals surface area (Å²) < 4.78 is 17.0. The van der Waals surface area contributed by atoms with E-state index in [1.54, 1.807) is 44.4 Å². The van der Waals surface area contributed by atoms with Crippen LogP contribution in [0.25, 0.3) is 0 Å². The van der Waals surface area contributed by atoms with E-state index in [1.807, 2.05) is 12.1 Å². The fourth-order valence-corrected chi connectivity index (χ4v) is 2.17. The molecule has 2 aromatic carbocycles. The Bertz CT molecular complexity index is 673. The number of ether oxygens (including phenoxy) is 3. The molecule has 0 aliphatic heterocycles. The van der Waals surface area contributed by atoms with E-state index in [-0.39, 0.29) is 5.91 Å². The number of halogens is 1. The van der Waals surface area contributed by atoms with Gasteiger partial charge in [0.25, 0.3) is 5.91 Å². The van der Waals surface area contributed by atoms with E-state index in [1.165, 1.54) is 7.11 Å². The van der Waals surface area contributed by atoms with Crippen molar-refractivity contribution in [1.82, 2.24) is 0 Å². The van der Waals surface area contributed by atoms with Gasteiger partial charge in [0.05, 0.1) is 19.9 Å². The summed E-state index contributed by atoms with van der Waals surface area (Å²) in [5.41, 5.74) is 0.560. The number of carbonyl (C=O) groups is 1. The number of amides is 1. The number of rotatable bonds is 6. The summed E-state index contributed by atoms with van der Waals surface area (Å²) in [7, 11) is 3.10. The average molecular weight is 380 g/mol. The van der Waals surface area contributed by atoms with Crippen LogP contribution in [0.3, 0.4) is 0 Å². The van der Waals surface area contributed by atoms with Gasteiger partial charge in [0.15, 0.2) is 6.10 Å². The topological polar surface area (TPSA) is 56.8 Å².